The van der Waals surface area contributed by atoms with Crippen LogP contribution < -0.4 is 14.4 Å². The van der Waals surface area contributed by atoms with Crippen molar-refractivity contribution in [1.29, 1.82) is 0 Å². The number of pyridine rings is 1. The summed E-state index contributed by atoms with van der Waals surface area (Å²) >= 11 is 0. The Morgan fingerprint density at radius 2 is 1.80 bits per heavy atom. The van der Waals surface area contributed by atoms with Gasteiger partial charge in [0.2, 0.25) is 0 Å². The number of nitrogens with zero attached hydrogens (tertiary/aromatic N) is 2. The van der Waals surface area contributed by atoms with E-state index in [1.165, 1.54) is 33.4 Å². The molecule has 1 unspecified atom stereocenters. The van der Waals surface area contributed by atoms with Crippen LogP contribution >= 0.6 is 0 Å². The van der Waals surface area contributed by atoms with Crippen molar-refractivity contribution in [2.45, 2.75) is 71.8 Å². The molecule has 2 aromatic carbocycles. The Morgan fingerprint density at radius 1 is 1.05 bits per heavy atom. The highest BCUT2D eigenvalue weighted by atomic mass is 16.6. The molecule has 1 amide bonds. The minimum absolute atomic E-state index is 0.0540. The number of rotatable bonds is 9. The number of carbonyl (C=O) groups excluding carboxylic acids is 2. The van der Waals surface area contributed by atoms with Crippen LogP contribution in [0.25, 0.3) is 0 Å². The van der Waals surface area contributed by atoms with E-state index in [1.54, 1.807) is 39.0 Å². The molecule has 0 aliphatic heterocycles. The van der Waals surface area contributed by atoms with Gasteiger partial charge < -0.3 is 19.4 Å². The Labute approximate surface area is 242 Å². The topological polar surface area (TPSA) is 92.0 Å². The van der Waals surface area contributed by atoms with E-state index in [0.29, 0.717) is 30.8 Å². The molecule has 1 aliphatic carbocycles. The maximum Gasteiger partial charge on any atom is 0.507 e. The number of benzene rings is 2. The molecule has 0 saturated heterocycles. The second kappa shape index (κ2) is 13.1. The highest BCUT2D eigenvalue weighted by molar-refractivity contribution is 5.85. The van der Waals surface area contributed by atoms with Crippen LogP contribution in [0.3, 0.4) is 0 Å². The third-order valence-electron chi connectivity index (χ3n) is 7.04. The lowest BCUT2D eigenvalue weighted by atomic mass is 9.88. The van der Waals surface area contributed by atoms with Gasteiger partial charge in [0.1, 0.15) is 17.9 Å². The summed E-state index contributed by atoms with van der Waals surface area (Å²) in [6.07, 6.45) is 3.13. The van der Waals surface area contributed by atoms with Gasteiger partial charge in [-0.05, 0) is 93.3 Å². The summed E-state index contributed by atoms with van der Waals surface area (Å²) in [5.41, 5.74) is 5.10. The van der Waals surface area contributed by atoms with Crippen molar-refractivity contribution in [3.8, 4) is 5.75 Å². The molecule has 0 fully saturated rings. The Kier molecular flexibility index (Phi) is 9.53. The van der Waals surface area contributed by atoms with E-state index >= 15 is 0 Å². The van der Waals surface area contributed by atoms with Gasteiger partial charge in [-0.15, -0.1) is 0 Å². The summed E-state index contributed by atoms with van der Waals surface area (Å²) in [7, 11) is 0. The molecule has 3 aromatic rings. The molecule has 0 saturated carbocycles. The third-order valence-corrected chi connectivity index (χ3v) is 7.04. The highest BCUT2D eigenvalue weighted by Gasteiger charge is 2.31. The maximum atomic E-state index is 12.9. The van der Waals surface area contributed by atoms with E-state index in [4.69, 9.17) is 14.2 Å². The van der Waals surface area contributed by atoms with Gasteiger partial charge in [-0.25, -0.2) is 4.73 Å². The fourth-order valence-electron chi connectivity index (χ4n) is 5.23. The zero-order valence-electron chi connectivity index (χ0n) is 24.6. The number of fused-ring (bicyclic) bond motifs is 2. The molecular formula is C33H40N2O6. The zero-order valence-corrected chi connectivity index (χ0v) is 24.6. The van der Waals surface area contributed by atoms with Crippen LogP contribution in [0.5, 0.6) is 5.75 Å². The van der Waals surface area contributed by atoms with Gasteiger partial charge in [0.25, 0.3) is 5.82 Å². The normalized spacial score (nSPS) is 14.3. The van der Waals surface area contributed by atoms with E-state index in [0.717, 1.165) is 24.2 Å². The third kappa shape index (κ3) is 7.78. The molecular weight excluding hydrogens is 520 g/mol. The van der Waals surface area contributed by atoms with Gasteiger partial charge in [0, 0.05) is 12.5 Å². The van der Waals surface area contributed by atoms with Gasteiger partial charge in [0.05, 0.1) is 25.8 Å². The average Bonchev–Trinajstić information content (AvgIpc) is 3.04. The van der Waals surface area contributed by atoms with E-state index < -0.39 is 11.7 Å². The van der Waals surface area contributed by atoms with Crippen molar-refractivity contribution in [3.05, 3.63) is 93.8 Å². The molecule has 4 rings (SSSR count). The lowest BCUT2D eigenvalue weighted by Crippen LogP contribution is -2.44. The van der Waals surface area contributed by atoms with Gasteiger partial charge in [-0.3, -0.25) is 4.79 Å². The molecule has 218 valence electrons. The van der Waals surface area contributed by atoms with E-state index in [1.807, 2.05) is 26.0 Å². The lowest BCUT2D eigenvalue weighted by Gasteiger charge is -2.24. The molecule has 1 heterocycles. The number of anilines is 1. The first-order valence-electron chi connectivity index (χ1n) is 14.2. The zero-order chi connectivity index (χ0) is 29.6. The molecule has 0 bridgehead atoms. The van der Waals surface area contributed by atoms with Gasteiger partial charge in [0.15, 0.2) is 0 Å². The average molecular weight is 561 g/mol. The van der Waals surface area contributed by atoms with Crippen molar-refractivity contribution < 1.29 is 28.5 Å². The molecule has 0 spiro atoms. The maximum absolute atomic E-state index is 12.9. The quantitative estimate of drug-likeness (QED) is 0.138. The Morgan fingerprint density at radius 3 is 2.54 bits per heavy atom. The predicted octanol–water partition coefficient (Wildman–Crippen LogP) is 6.02. The summed E-state index contributed by atoms with van der Waals surface area (Å²) in [6.45, 7) is 10.2. The van der Waals surface area contributed by atoms with Gasteiger partial charge >= 0.3 is 12.1 Å². The van der Waals surface area contributed by atoms with Gasteiger partial charge in [-0.2, -0.15) is 9.69 Å². The number of ether oxygens (including phenoxy) is 3. The van der Waals surface area contributed by atoms with Crippen LogP contribution in [0.15, 0.2) is 60.8 Å². The molecule has 1 atom stereocenters. The predicted molar refractivity (Wildman–Crippen MR) is 157 cm³/mol. The Bertz CT molecular complexity index is 1380. The molecule has 1 aliphatic rings. The van der Waals surface area contributed by atoms with Crippen LogP contribution in [0, 0.1) is 12.1 Å². The van der Waals surface area contributed by atoms with Crippen molar-refractivity contribution >= 4 is 17.9 Å². The summed E-state index contributed by atoms with van der Waals surface area (Å²) in [5.74, 6) is 0.871. The Hall–Kier alpha value is -4.07. The molecule has 0 N–H and O–H groups in total. The number of aromatic nitrogens is 1. The smallest absolute Gasteiger partial charge is 0.507 e. The molecule has 8 nitrogen and oxygen atoms in total. The van der Waals surface area contributed by atoms with E-state index in [-0.39, 0.29) is 24.2 Å². The van der Waals surface area contributed by atoms with Crippen LogP contribution in [0.2, 0.25) is 0 Å². The van der Waals surface area contributed by atoms with Crippen molar-refractivity contribution in [2.75, 3.05) is 24.7 Å². The number of aryl methyl sites for hydroxylation is 1. The number of hydrogen-bond donors (Lipinski definition) is 0. The molecule has 0 radical (unpaired) electrons. The Balaban J connectivity index is 1.48. The van der Waals surface area contributed by atoms with Crippen LogP contribution in [0.1, 0.15) is 74.3 Å². The first kappa shape index (κ1) is 29.9. The summed E-state index contributed by atoms with van der Waals surface area (Å²) in [4.78, 5) is 26.7. The number of carbonyl (C=O) groups is 2. The summed E-state index contributed by atoms with van der Waals surface area (Å²) < 4.78 is 17.7. The van der Waals surface area contributed by atoms with Crippen molar-refractivity contribution in [3.63, 3.8) is 0 Å². The molecule has 1 aromatic heterocycles. The van der Waals surface area contributed by atoms with Crippen LogP contribution in [-0.4, -0.2) is 37.4 Å². The number of amides is 1. The van der Waals surface area contributed by atoms with Crippen LogP contribution in [0.4, 0.5) is 10.6 Å². The van der Waals surface area contributed by atoms with Crippen molar-refractivity contribution in [2.24, 2.45) is 0 Å². The number of hydrogen-bond acceptors (Lipinski definition) is 6. The second-order valence-electron chi connectivity index (χ2n) is 11.4. The molecule has 8 heteroatoms. The minimum atomic E-state index is -0.693. The van der Waals surface area contributed by atoms with Crippen LogP contribution in [-0.2, 0) is 27.1 Å². The first-order valence-corrected chi connectivity index (χ1v) is 14.2. The van der Waals surface area contributed by atoms with Crippen molar-refractivity contribution in [1.82, 2.24) is 0 Å². The molecule has 41 heavy (non-hydrogen) atoms. The summed E-state index contributed by atoms with van der Waals surface area (Å²) in [6, 6.07) is 17.5. The second-order valence-corrected chi connectivity index (χ2v) is 11.4. The lowest BCUT2D eigenvalue weighted by molar-refractivity contribution is -0.591. The fraction of sp³-hybridized carbons (Fsp3) is 0.424. The fourth-order valence-corrected chi connectivity index (χ4v) is 5.23. The minimum Gasteiger partial charge on any atom is -0.711 e. The SMILES string of the molecule is CCOC(=O)CC1Cc2cc(C)c(OCCCN(C(=O)OC(C)(C)C)c3cccc[n+]3[O-])cc2Cc2ccccc21. The van der Waals surface area contributed by atoms with E-state index in [2.05, 4.69) is 24.3 Å². The van der Waals surface area contributed by atoms with Gasteiger partial charge in [-0.1, -0.05) is 36.4 Å². The standard InChI is InChI=1S/C33H40N2O6/c1-6-39-31(36)22-27-20-25-18-23(2)29(21-26(25)19-24-12-7-8-13-28(24)27)40-17-11-15-34(32(37)41-33(3,4)5)30-14-9-10-16-35(30)38/h7-10,12-14,16,18,21,27H,6,11,15,17,19-20,22H2,1-5H3. The monoisotopic (exact) mass is 560 g/mol. The first-order chi connectivity index (χ1) is 19.6. The largest absolute Gasteiger partial charge is 0.711 e. The highest BCUT2D eigenvalue weighted by Crippen LogP contribution is 2.37. The van der Waals surface area contributed by atoms with E-state index in [9.17, 15) is 14.8 Å². The number of esters is 1. The summed E-state index contributed by atoms with van der Waals surface area (Å²) in [5, 5.41) is 12.4.